The summed E-state index contributed by atoms with van der Waals surface area (Å²) in [6.45, 7) is 2.49. The monoisotopic (exact) mass is 306 g/mol. The number of carbonyl (C=O) groups excluding carboxylic acids is 1. The van der Waals surface area contributed by atoms with E-state index in [1.165, 1.54) is 0 Å². The predicted molar refractivity (Wildman–Crippen MR) is 58.4 cm³/mol. The molecular formula is C10H12F6O2Si. The van der Waals surface area contributed by atoms with Crippen molar-refractivity contribution < 1.29 is 35.9 Å². The SMILES string of the molecule is CC(=O)/C=C(/C)OC(=C(F)F)[Si](C)(CF)C(F)(F)F. The van der Waals surface area contributed by atoms with Crippen molar-refractivity contribution in [1.29, 1.82) is 0 Å². The fraction of sp³-hybridized carbons (Fsp3) is 0.500. The summed E-state index contributed by atoms with van der Waals surface area (Å²) < 4.78 is 80.4. The second-order valence-corrected chi connectivity index (χ2v) is 7.97. The molecule has 1 unspecified atom stereocenters. The molecule has 0 aromatic carbocycles. The highest BCUT2D eigenvalue weighted by molar-refractivity contribution is 6.86. The molecule has 0 fully saturated rings. The van der Waals surface area contributed by atoms with Gasteiger partial charge in [0.2, 0.25) is 0 Å². The zero-order chi connectivity index (χ0) is 15.4. The van der Waals surface area contributed by atoms with E-state index in [1.807, 2.05) is 0 Å². The summed E-state index contributed by atoms with van der Waals surface area (Å²) >= 11 is 0. The van der Waals surface area contributed by atoms with E-state index in [0.717, 1.165) is 19.9 Å². The third-order valence-corrected chi connectivity index (χ3v) is 5.31. The maximum atomic E-state index is 12.7. The number of carbonyl (C=O) groups is 1. The lowest BCUT2D eigenvalue weighted by Gasteiger charge is -2.28. The van der Waals surface area contributed by atoms with Gasteiger partial charge in [-0.1, -0.05) is 6.55 Å². The number of ether oxygens (including phenoxy) is 1. The van der Waals surface area contributed by atoms with E-state index in [-0.39, 0.29) is 0 Å². The maximum absolute atomic E-state index is 12.7. The Labute approximate surface area is 106 Å². The molecule has 0 aromatic rings. The summed E-state index contributed by atoms with van der Waals surface area (Å²) in [4.78, 5) is 10.7. The van der Waals surface area contributed by atoms with Crippen molar-refractivity contribution in [3.63, 3.8) is 0 Å². The van der Waals surface area contributed by atoms with Gasteiger partial charge in [-0.3, -0.25) is 9.18 Å². The van der Waals surface area contributed by atoms with Gasteiger partial charge in [0.15, 0.2) is 11.2 Å². The third kappa shape index (κ3) is 4.41. The Balaban J connectivity index is 5.61. The van der Waals surface area contributed by atoms with E-state index in [1.54, 1.807) is 0 Å². The molecule has 0 radical (unpaired) electrons. The van der Waals surface area contributed by atoms with Crippen LogP contribution in [0.25, 0.3) is 0 Å². The van der Waals surface area contributed by atoms with Crippen LogP contribution in [0.4, 0.5) is 26.3 Å². The molecule has 0 heterocycles. The molecule has 0 saturated carbocycles. The van der Waals surface area contributed by atoms with Crippen LogP contribution in [-0.2, 0) is 9.53 Å². The molecule has 19 heavy (non-hydrogen) atoms. The number of hydrogen-bond acceptors (Lipinski definition) is 2. The van der Waals surface area contributed by atoms with E-state index >= 15 is 0 Å². The van der Waals surface area contributed by atoms with E-state index < -0.39 is 43.2 Å². The van der Waals surface area contributed by atoms with Crippen molar-refractivity contribution in [2.45, 2.75) is 26.2 Å². The number of allylic oxidation sites excluding steroid dienone is 2. The lowest BCUT2D eigenvalue weighted by Crippen LogP contribution is -2.53. The summed E-state index contributed by atoms with van der Waals surface area (Å²) in [6.07, 6.45) is -3.97. The Morgan fingerprint density at radius 1 is 1.26 bits per heavy atom. The molecule has 2 nitrogen and oxygen atoms in total. The summed E-state index contributed by atoms with van der Waals surface area (Å²) in [5.41, 5.74) is 0. The quantitative estimate of drug-likeness (QED) is 0.334. The first-order chi connectivity index (χ1) is 8.45. The minimum atomic E-state index is -5.14. The lowest BCUT2D eigenvalue weighted by atomic mass is 10.4. The van der Waals surface area contributed by atoms with Gasteiger partial charge in [0.05, 0.1) is 6.30 Å². The van der Waals surface area contributed by atoms with E-state index in [4.69, 9.17) is 0 Å². The van der Waals surface area contributed by atoms with E-state index in [9.17, 15) is 31.1 Å². The van der Waals surface area contributed by atoms with Crippen LogP contribution in [0, 0.1) is 0 Å². The molecule has 0 aromatic heterocycles. The van der Waals surface area contributed by atoms with Gasteiger partial charge in [0.1, 0.15) is 5.76 Å². The summed E-state index contributed by atoms with van der Waals surface area (Å²) in [6, 6.07) is 0. The molecule has 0 saturated heterocycles. The smallest absolute Gasteiger partial charge is 0.372 e. The first kappa shape index (κ1) is 17.7. The van der Waals surface area contributed by atoms with Gasteiger partial charge in [0.25, 0.3) is 8.07 Å². The normalized spacial score (nSPS) is 15.7. The largest absolute Gasteiger partial charge is 0.465 e. The van der Waals surface area contributed by atoms with Crippen molar-refractivity contribution in [2.24, 2.45) is 0 Å². The number of rotatable bonds is 5. The van der Waals surface area contributed by atoms with Crippen molar-refractivity contribution in [1.82, 2.24) is 0 Å². The Morgan fingerprint density at radius 3 is 2.00 bits per heavy atom. The van der Waals surface area contributed by atoms with Crippen LogP contribution in [0.1, 0.15) is 13.8 Å². The Morgan fingerprint density at radius 2 is 1.74 bits per heavy atom. The van der Waals surface area contributed by atoms with E-state index in [0.29, 0.717) is 6.55 Å². The summed E-state index contributed by atoms with van der Waals surface area (Å²) in [7, 11) is -5.14. The fourth-order valence-electron chi connectivity index (χ4n) is 1.10. The van der Waals surface area contributed by atoms with Crippen molar-refractivity contribution in [2.75, 3.05) is 6.30 Å². The zero-order valence-corrected chi connectivity index (χ0v) is 11.4. The molecule has 9 heteroatoms. The Kier molecular flexibility index (Phi) is 5.85. The highest BCUT2D eigenvalue weighted by atomic mass is 28.3. The second-order valence-electron chi connectivity index (χ2n) is 4.02. The molecule has 0 rings (SSSR count). The average molecular weight is 306 g/mol. The number of hydrogen-bond donors (Lipinski definition) is 0. The maximum Gasteiger partial charge on any atom is 0.372 e. The molecule has 0 aliphatic heterocycles. The zero-order valence-electron chi connectivity index (χ0n) is 10.4. The second kappa shape index (κ2) is 6.26. The Hall–Kier alpha value is -1.25. The molecular weight excluding hydrogens is 294 g/mol. The minimum Gasteiger partial charge on any atom is -0.465 e. The summed E-state index contributed by atoms with van der Waals surface area (Å²) in [5, 5.41) is -1.71. The van der Waals surface area contributed by atoms with Crippen LogP contribution in [0.15, 0.2) is 23.3 Å². The van der Waals surface area contributed by atoms with Crippen LogP contribution >= 0.6 is 0 Å². The van der Waals surface area contributed by atoms with Gasteiger partial charge in [-0.15, -0.1) is 0 Å². The third-order valence-electron chi connectivity index (χ3n) is 2.24. The molecule has 0 N–H and O–H groups in total. The van der Waals surface area contributed by atoms with Crippen molar-refractivity contribution in [3.05, 3.63) is 23.3 Å². The van der Waals surface area contributed by atoms with Crippen molar-refractivity contribution >= 4 is 13.9 Å². The molecule has 0 aliphatic rings. The van der Waals surface area contributed by atoms with Gasteiger partial charge in [-0.25, -0.2) is 0 Å². The molecule has 0 aliphatic carbocycles. The highest BCUT2D eigenvalue weighted by Gasteiger charge is 2.60. The molecule has 0 amide bonds. The molecule has 110 valence electrons. The standard InChI is InChI=1S/C10H12F6O2Si/c1-6(17)4-7(2)18-9(8(12)13)19(3,5-11)10(14,15)16/h4H,5H2,1-3H3/b7-4-. The first-order valence-electron chi connectivity index (χ1n) is 5.01. The van der Waals surface area contributed by atoms with Gasteiger partial charge < -0.3 is 4.74 Å². The van der Waals surface area contributed by atoms with Gasteiger partial charge >= 0.3 is 11.9 Å². The number of halogens is 6. The molecule has 0 spiro atoms. The molecule has 0 bridgehead atoms. The first-order valence-corrected chi connectivity index (χ1v) is 7.71. The average Bonchev–Trinajstić information content (AvgIpc) is 2.21. The summed E-state index contributed by atoms with van der Waals surface area (Å²) in [5.74, 6) is -6.17. The lowest BCUT2D eigenvalue weighted by molar-refractivity contribution is -0.112. The fourth-order valence-corrected chi connectivity index (χ4v) is 2.44. The Bertz CT molecular complexity index is 411. The topological polar surface area (TPSA) is 26.3 Å². The van der Waals surface area contributed by atoms with Gasteiger partial charge in [-0.2, -0.15) is 22.0 Å². The van der Waals surface area contributed by atoms with Crippen molar-refractivity contribution in [3.8, 4) is 0 Å². The predicted octanol–water partition coefficient (Wildman–Crippen LogP) is 3.83. The van der Waals surface area contributed by atoms with Gasteiger partial charge in [-0.05, 0) is 13.8 Å². The van der Waals surface area contributed by atoms with Gasteiger partial charge in [0, 0.05) is 6.08 Å². The van der Waals surface area contributed by atoms with Crippen LogP contribution in [-0.4, -0.2) is 26.0 Å². The van der Waals surface area contributed by atoms with E-state index in [2.05, 4.69) is 4.74 Å². The number of ketones is 1. The van der Waals surface area contributed by atoms with Crippen LogP contribution in [0.2, 0.25) is 6.55 Å². The highest BCUT2D eigenvalue weighted by Crippen LogP contribution is 2.37. The molecule has 1 atom stereocenters. The van der Waals surface area contributed by atoms with Crippen LogP contribution in [0.5, 0.6) is 0 Å². The van der Waals surface area contributed by atoms with Crippen LogP contribution < -0.4 is 0 Å². The minimum absolute atomic E-state index is 0.391. The number of alkyl halides is 4. The van der Waals surface area contributed by atoms with Crippen LogP contribution in [0.3, 0.4) is 0 Å².